The van der Waals surface area contributed by atoms with E-state index in [9.17, 15) is 34.8 Å². The van der Waals surface area contributed by atoms with Crippen molar-refractivity contribution in [3.63, 3.8) is 0 Å². The fourth-order valence-electron chi connectivity index (χ4n) is 6.60. The largest absolute Gasteiger partial charge is 0.508 e. The van der Waals surface area contributed by atoms with Gasteiger partial charge in [-0.25, -0.2) is 0 Å². The number of rotatable bonds is 4. The minimum Gasteiger partial charge on any atom is -0.508 e. The summed E-state index contributed by atoms with van der Waals surface area (Å²) >= 11 is 0. The maximum absolute atomic E-state index is 14.0. The van der Waals surface area contributed by atoms with Crippen LogP contribution < -0.4 is 4.74 Å². The number of ketones is 3. The standard InChI is InChI=1S/C29H29NO8/c1-12(2)21-18-10-14-9-16-15(17-11-30-8-7-20(17)38-4)5-6-19(32)24(16)26(34)23(14)28(36)29(18,37)27(35)22(13(3)31)25(21)33/h5-8,11-12,14,18,21,32,34-35,37H,9-10H2,1-4H3/t14-,18-,21?,29+/m1/s1. The third-order valence-electron chi connectivity index (χ3n) is 8.25. The van der Waals surface area contributed by atoms with Gasteiger partial charge >= 0.3 is 0 Å². The lowest BCUT2D eigenvalue weighted by molar-refractivity contribution is -0.155. The second-order valence-electron chi connectivity index (χ2n) is 10.6. The zero-order valence-electron chi connectivity index (χ0n) is 21.5. The van der Waals surface area contributed by atoms with E-state index < -0.39 is 57.8 Å². The van der Waals surface area contributed by atoms with Crippen LogP contribution in [-0.4, -0.2) is 55.5 Å². The molecule has 0 radical (unpaired) electrons. The van der Waals surface area contributed by atoms with E-state index in [1.807, 2.05) is 0 Å². The lowest BCUT2D eigenvalue weighted by Gasteiger charge is -2.50. The molecule has 2 aromatic rings. The van der Waals surface area contributed by atoms with Crippen molar-refractivity contribution >= 4 is 23.1 Å². The molecule has 1 fully saturated rings. The van der Waals surface area contributed by atoms with Gasteiger partial charge in [-0.3, -0.25) is 19.4 Å². The Morgan fingerprint density at radius 3 is 2.47 bits per heavy atom. The molecule has 5 rings (SSSR count). The van der Waals surface area contributed by atoms with Crippen molar-refractivity contribution in [3.05, 3.63) is 58.6 Å². The van der Waals surface area contributed by atoms with Gasteiger partial charge in [0.25, 0.3) is 0 Å². The molecule has 3 aliphatic carbocycles. The first-order valence-electron chi connectivity index (χ1n) is 12.5. The number of methoxy groups -OCH3 is 1. The third kappa shape index (κ3) is 3.34. The van der Waals surface area contributed by atoms with E-state index in [1.165, 1.54) is 13.2 Å². The minimum absolute atomic E-state index is 0.0395. The Balaban J connectivity index is 1.75. The van der Waals surface area contributed by atoms with Gasteiger partial charge in [-0.15, -0.1) is 0 Å². The van der Waals surface area contributed by atoms with Gasteiger partial charge in [0.05, 0.1) is 12.7 Å². The van der Waals surface area contributed by atoms with Gasteiger partial charge in [0.2, 0.25) is 5.78 Å². The van der Waals surface area contributed by atoms with Crippen molar-refractivity contribution in [1.82, 2.24) is 4.98 Å². The second-order valence-corrected chi connectivity index (χ2v) is 10.6. The van der Waals surface area contributed by atoms with Crippen LogP contribution in [0.25, 0.3) is 16.9 Å². The molecule has 1 aromatic heterocycles. The van der Waals surface area contributed by atoms with Crippen LogP contribution in [0.2, 0.25) is 0 Å². The number of fused-ring (bicyclic) bond motifs is 3. The Labute approximate surface area is 219 Å². The minimum atomic E-state index is -2.55. The number of hydrogen-bond acceptors (Lipinski definition) is 9. The van der Waals surface area contributed by atoms with E-state index in [0.29, 0.717) is 22.4 Å². The van der Waals surface area contributed by atoms with Gasteiger partial charge in [0, 0.05) is 35.4 Å². The van der Waals surface area contributed by atoms with Crippen LogP contribution in [0, 0.1) is 23.7 Å². The lowest BCUT2D eigenvalue weighted by atomic mass is 9.54. The number of carbonyl (C=O) groups excluding carboxylic acids is 3. The van der Waals surface area contributed by atoms with E-state index >= 15 is 0 Å². The molecule has 9 nitrogen and oxygen atoms in total. The summed E-state index contributed by atoms with van der Waals surface area (Å²) in [6.45, 7) is 4.62. The molecule has 0 amide bonds. The number of allylic oxidation sites excluding steroid dienone is 1. The summed E-state index contributed by atoms with van der Waals surface area (Å²) in [5.74, 6) is -6.41. The topological polar surface area (TPSA) is 154 Å². The Morgan fingerprint density at radius 2 is 1.84 bits per heavy atom. The molecule has 4 atom stereocenters. The summed E-state index contributed by atoms with van der Waals surface area (Å²) in [6, 6.07) is 4.76. The average molecular weight is 520 g/mol. The number of aliphatic hydroxyl groups excluding tert-OH is 2. The number of phenolic OH excluding ortho intramolecular Hbond substituents is 1. The smallest absolute Gasteiger partial charge is 0.202 e. The van der Waals surface area contributed by atoms with Crippen LogP contribution in [0.1, 0.15) is 38.3 Å². The fraction of sp³-hybridized carbons (Fsp3) is 0.379. The van der Waals surface area contributed by atoms with E-state index in [-0.39, 0.29) is 35.6 Å². The number of carbonyl (C=O) groups is 3. The van der Waals surface area contributed by atoms with Crippen molar-refractivity contribution < 1.29 is 39.5 Å². The van der Waals surface area contributed by atoms with E-state index in [0.717, 1.165) is 6.92 Å². The Kier molecular flexibility index (Phi) is 5.94. The number of pyridine rings is 1. The Hall–Kier alpha value is -3.98. The summed E-state index contributed by atoms with van der Waals surface area (Å²) in [6.07, 6.45) is 3.47. The molecule has 0 spiro atoms. The number of benzene rings is 1. The molecule has 198 valence electrons. The summed E-state index contributed by atoms with van der Waals surface area (Å²) in [5, 5.41) is 44.9. The highest BCUT2D eigenvalue weighted by Gasteiger charge is 2.63. The Morgan fingerprint density at radius 1 is 1.13 bits per heavy atom. The van der Waals surface area contributed by atoms with E-state index in [4.69, 9.17) is 4.74 Å². The molecule has 3 aliphatic rings. The van der Waals surface area contributed by atoms with Gasteiger partial charge in [-0.1, -0.05) is 19.9 Å². The predicted octanol–water partition coefficient (Wildman–Crippen LogP) is 3.48. The first kappa shape index (κ1) is 25.7. The predicted molar refractivity (Wildman–Crippen MR) is 136 cm³/mol. The SMILES string of the molecule is COc1ccncc1-c1ccc(O)c2c1C[C@@H]1C[C@@H]3C(C(C)C)C(=O)C(C(C)=O)=C(O)[C@]3(O)C(=O)C1=C2O. The van der Waals surface area contributed by atoms with Crippen LogP contribution in [0.3, 0.4) is 0 Å². The zero-order valence-corrected chi connectivity index (χ0v) is 21.5. The monoisotopic (exact) mass is 519 g/mol. The number of hydrogen-bond donors (Lipinski definition) is 4. The van der Waals surface area contributed by atoms with Gasteiger partial charge in [-0.2, -0.15) is 0 Å². The number of nitrogens with zero attached hydrogens (tertiary/aromatic N) is 1. The summed E-state index contributed by atoms with van der Waals surface area (Å²) in [4.78, 5) is 43.8. The highest BCUT2D eigenvalue weighted by molar-refractivity contribution is 6.24. The van der Waals surface area contributed by atoms with Crippen LogP contribution >= 0.6 is 0 Å². The van der Waals surface area contributed by atoms with Crippen LogP contribution in [0.15, 0.2) is 47.5 Å². The maximum atomic E-state index is 14.0. The molecule has 1 unspecified atom stereocenters. The van der Waals surface area contributed by atoms with Crippen molar-refractivity contribution in [2.75, 3.05) is 7.11 Å². The molecule has 4 N–H and O–H groups in total. The zero-order chi connectivity index (χ0) is 27.7. The summed E-state index contributed by atoms with van der Waals surface area (Å²) in [5.41, 5.74) is -1.41. The molecular weight excluding hydrogens is 490 g/mol. The molecule has 1 saturated carbocycles. The van der Waals surface area contributed by atoms with Crippen LogP contribution in [0.4, 0.5) is 0 Å². The van der Waals surface area contributed by atoms with Gasteiger partial charge in [0.15, 0.2) is 17.2 Å². The fourth-order valence-corrected chi connectivity index (χ4v) is 6.60. The lowest BCUT2D eigenvalue weighted by Crippen LogP contribution is -2.61. The highest BCUT2D eigenvalue weighted by Crippen LogP contribution is 2.55. The number of phenols is 1. The van der Waals surface area contributed by atoms with E-state index in [1.54, 1.807) is 38.4 Å². The molecule has 38 heavy (non-hydrogen) atoms. The van der Waals surface area contributed by atoms with Gasteiger partial charge in [0.1, 0.15) is 28.6 Å². The number of ether oxygens (including phenoxy) is 1. The Bertz CT molecular complexity index is 1470. The first-order valence-corrected chi connectivity index (χ1v) is 12.5. The molecular formula is C29H29NO8. The van der Waals surface area contributed by atoms with Crippen molar-refractivity contribution in [1.29, 1.82) is 0 Å². The van der Waals surface area contributed by atoms with E-state index in [2.05, 4.69) is 4.98 Å². The van der Waals surface area contributed by atoms with Crippen LogP contribution in [0.5, 0.6) is 11.5 Å². The van der Waals surface area contributed by atoms with Crippen molar-refractivity contribution in [3.8, 4) is 22.6 Å². The highest BCUT2D eigenvalue weighted by atomic mass is 16.5. The molecule has 0 aliphatic heterocycles. The van der Waals surface area contributed by atoms with Crippen LogP contribution in [-0.2, 0) is 20.8 Å². The van der Waals surface area contributed by atoms with Crippen molar-refractivity contribution in [2.45, 2.75) is 39.2 Å². The third-order valence-corrected chi connectivity index (χ3v) is 8.25. The number of aromatic hydroxyl groups is 1. The van der Waals surface area contributed by atoms with Gasteiger partial charge in [-0.05, 0) is 54.9 Å². The second kappa shape index (κ2) is 8.80. The molecule has 1 heterocycles. The number of aromatic nitrogens is 1. The number of Topliss-reactive ketones (excluding diaryl/α,β-unsaturated/α-hetero) is 3. The average Bonchev–Trinajstić information content (AvgIpc) is 2.86. The summed E-state index contributed by atoms with van der Waals surface area (Å²) < 4.78 is 5.49. The molecule has 0 bridgehead atoms. The maximum Gasteiger partial charge on any atom is 0.202 e. The van der Waals surface area contributed by atoms with Crippen molar-refractivity contribution in [2.24, 2.45) is 23.7 Å². The first-order chi connectivity index (χ1) is 17.9. The van der Waals surface area contributed by atoms with Gasteiger partial charge < -0.3 is 25.2 Å². The normalized spacial score (nSPS) is 26.7. The summed E-state index contributed by atoms with van der Waals surface area (Å²) in [7, 11) is 1.52. The molecule has 9 heteroatoms. The molecule has 0 saturated heterocycles. The molecule has 1 aromatic carbocycles. The quantitative estimate of drug-likeness (QED) is 0.445. The number of aliphatic hydroxyl groups is 3.